The van der Waals surface area contributed by atoms with Gasteiger partial charge in [0.2, 0.25) is 0 Å². The lowest BCUT2D eigenvalue weighted by atomic mass is 9.80. The van der Waals surface area contributed by atoms with E-state index in [0.29, 0.717) is 17.6 Å². The van der Waals surface area contributed by atoms with Gasteiger partial charge in [0.05, 0.1) is 0 Å². The Morgan fingerprint density at radius 1 is 1.29 bits per heavy atom. The van der Waals surface area contributed by atoms with Crippen molar-refractivity contribution >= 4 is 5.82 Å². The van der Waals surface area contributed by atoms with Crippen LogP contribution in [0.5, 0.6) is 0 Å². The molecule has 0 aliphatic heterocycles. The highest BCUT2D eigenvalue weighted by molar-refractivity contribution is 5.56. The van der Waals surface area contributed by atoms with Crippen LogP contribution in [0.4, 0.5) is 5.82 Å². The van der Waals surface area contributed by atoms with Crippen LogP contribution < -0.4 is 5.73 Å². The van der Waals surface area contributed by atoms with Gasteiger partial charge in [-0.3, -0.25) is 0 Å². The maximum Gasteiger partial charge on any atom is 0.258 e. The molecule has 5 nitrogen and oxygen atoms in total. The zero-order valence-corrected chi connectivity index (χ0v) is 12.5. The summed E-state index contributed by atoms with van der Waals surface area (Å²) in [4.78, 5) is 8.53. The summed E-state index contributed by atoms with van der Waals surface area (Å²) in [5.41, 5.74) is 6.52. The molecule has 0 unspecified atom stereocenters. The Balaban J connectivity index is 1.68. The molecular weight excluding hydrogens is 264 g/mol. The first-order chi connectivity index (χ1) is 10.3. The Bertz CT molecular complexity index is 587. The van der Waals surface area contributed by atoms with Crippen LogP contribution in [-0.4, -0.2) is 15.1 Å². The molecule has 2 aromatic heterocycles. The Kier molecular flexibility index (Phi) is 4.18. The molecule has 5 heteroatoms. The molecule has 1 saturated carbocycles. The minimum Gasteiger partial charge on any atom is -0.384 e. The Morgan fingerprint density at radius 3 is 2.81 bits per heavy atom. The van der Waals surface area contributed by atoms with Gasteiger partial charge in [-0.2, -0.15) is 4.98 Å². The molecule has 2 aromatic rings. The van der Waals surface area contributed by atoms with E-state index >= 15 is 0 Å². The quantitative estimate of drug-likeness (QED) is 0.925. The average Bonchev–Trinajstić information content (AvgIpc) is 2.98. The summed E-state index contributed by atoms with van der Waals surface area (Å²) >= 11 is 0. The van der Waals surface area contributed by atoms with Crippen molar-refractivity contribution < 1.29 is 4.52 Å². The molecule has 21 heavy (non-hydrogen) atoms. The first-order valence-electron chi connectivity index (χ1n) is 7.81. The summed E-state index contributed by atoms with van der Waals surface area (Å²) in [6.07, 6.45) is 9.19. The highest BCUT2D eigenvalue weighted by Gasteiger charge is 2.25. The largest absolute Gasteiger partial charge is 0.384 e. The molecule has 0 aromatic carbocycles. The van der Waals surface area contributed by atoms with Crippen molar-refractivity contribution in [1.82, 2.24) is 15.1 Å². The Labute approximate surface area is 125 Å². The van der Waals surface area contributed by atoms with E-state index in [4.69, 9.17) is 10.3 Å². The number of nitrogens with zero attached hydrogens (tertiary/aromatic N) is 3. The number of nitrogen functional groups attached to an aromatic ring is 1. The topological polar surface area (TPSA) is 77.8 Å². The third kappa shape index (κ3) is 3.23. The van der Waals surface area contributed by atoms with Crippen molar-refractivity contribution in [3.8, 4) is 11.5 Å². The molecule has 0 spiro atoms. The lowest BCUT2D eigenvalue weighted by molar-refractivity contribution is 0.296. The second kappa shape index (κ2) is 6.24. The van der Waals surface area contributed by atoms with E-state index in [1.165, 1.54) is 38.5 Å². The molecule has 0 bridgehead atoms. The number of hydrogen-bond donors (Lipinski definition) is 1. The van der Waals surface area contributed by atoms with E-state index in [1.807, 2.05) is 6.07 Å². The number of hydrogen-bond acceptors (Lipinski definition) is 5. The fourth-order valence-corrected chi connectivity index (χ4v) is 3.22. The summed E-state index contributed by atoms with van der Waals surface area (Å²) < 4.78 is 5.39. The van der Waals surface area contributed by atoms with Gasteiger partial charge in [0.15, 0.2) is 5.82 Å². The standard InChI is InChI=1S/C16H22N4O/c1-2-3-11-4-6-12(7-5-11)15-19-16(21-20-15)13-8-9-18-14(17)10-13/h8-12H,2-7H2,1H3,(H2,17,18). The van der Waals surface area contributed by atoms with Gasteiger partial charge in [0.1, 0.15) is 5.82 Å². The van der Waals surface area contributed by atoms with E-state index in [2.05, 4.69) is 22.0 Å². The van der Waals surface area contributed by atoms with Crippen LogP contribution in [0.3, 0.4) is 0 Å². The maximum absolute atomic E-state index is 5.69. The summed E-state index contributed by atoms with van der Waals surface area (Å²) in [6.45, 7) is 2.26. The first-order valence-corrected chi connectivity index (χ1v) is 7.81. The zero-order chi connectivity index (χ0) is 14.7. The van der Waals surface area contributed by atoms with Gasteiger partial charge < -0.3 is 10.3 Å². The molecule has 1 aliphatic rings. The minimum absolute atomic E-state index is 0.440. The highest BCUT2D eigenvalue weighted by Crippen LogP contribution is 2.36. The molecule has 2 heterocycles. The van der Waals surface area contributed by atoms with Gasteiger partial charge >= 0.3 is 0 Å². The lowest BCUT2D eigenvalue weighted by Gasteiger charge is -2.26. The molecule has 1 fully saturated rings. The number of aromatic nitrogens is 3. The predicted octanol–water partition coefficient (Wildman–Crippen LogP) is 3.79. The fraction of sp³-hybridized carbons (Fsp3) is 0.562. The smallest absolute Gasteiger partial charge is 0.258 e. The van der Waals surface area contributed by atoms with Gasteiger partial charge in [0, 0.05) is 17.7 Å². The molecule has 0 radical (unpaired) electrons. The molecule has 0 saturated heterocycles. The molecule has 2 N–H and O–H groups in total. The maximum atomic E-state index is 5.69. The van der Waals surface area contributed by atoms with Crippen molar-refractivity contribution in [1.29, 1.82) is 0 Å². The van der Waals surface area contributed by atoms with Crippen LogP contribution in [0.1, 0.15) is 57.2 Å². The molecule has 0 atom stereocenters. The lowest BCUT2D eigenvalue weighted by Crippen LogP contribution is -2.14. The van der Waals surface area contributed by atoms with E-state index < -0.39 is 0 Å². The summed E-state index contributed by atoms with van der Waals surface area (Å²) in [6, 6.07) is 3.60. The molecular formula is C16H22N4O. The number of nitrogens with two attached hydrogens (primary N) is 1. The Morgan fingerprint density at radius 2 is 2.10 bits per heavy atom. The second-order valence-electron chi connectivity index (χ2n) is 5.93. The number of rotatable bonds is 4. The highest BCUT2D eigenvalue weighted by atomic mass is 16.5. The SMILES string of the molecule is CCCC1CCC(c2noc(-c3ccnc(N)c3)n2)CC1. The monoisotopic (exact) mass is 286 g/mol. The van der Waals surface area contributed by atoms with Gasteiger partial charge in [0.25, 0.3) is 5.89 Å². The van der Waals surface area contributed by atoms with Crippen LogP contribution in [0.25, 0.3) is 11.5 Å². The van der Waals surface area contributed by atoms with Crippen LogP contribution in [0, 0.1) is 5.92 Å². The number of anilines is 1. The van der Waals surface area contributed by atoms with E-state index in [1.54, 1.807) is 12.3 Å². The van der Waals surface area contributed by atoms with Crippen LogP contribution >= 0.6 is 0 Å². The van der Waals surface area contributed by atoms with Crippen molar-refractivity contribution in [3.63, 3.8) is 0 Å². The van der Waals surface area contributed by atoms with Crippen molar-refractivity contribution in [2.24, 2.45) is 5.92 Å². The summed E-state index contributed by atoms with van der Waals surface area (Å²) in [5.74, 6) is 3.17. The summed E-state index contributed by atoms with van der Waals surface area (Å²) in [7, 11) is 0. The van der Waals surface area contributed by atoms with E-state index in [9.17, 15) is 0 Å². The Hall–Kier alpha value is -1.91. The zero-order valence-electron chi connectivity index (χ0n) is 12.5. The van der Waals surface area contributed by atoms with Gasteiger partial charge in [-0.15, -0.1) is 0 Å². The predicted molar refractivity (Wildman–Crippen MR) is 81.5 cm³/mol. The van der Waals surface area contributed by atoms with Gasteiger partial charge in [-0.25, -0.2) is 4.98 Å². The minimum atomic E-state index is 0.440. The average molecular weight is 286 g/mol. The molecule has 0 amide bonds. The fourth-order valence-electron chi connectivity index (χ4n) is 3.22. The first kappa shape index (κ1) is 14.0. The van der Waals surface area contributed by atoms with Crippen LogP contribution in [0.2, 0.25) is 0 Å². The van der Waals surface area contributed by atoms with Crippen LogP contribution in [0.15, 0.2) is 22.9 Å². The van der Waals surface area contributed by atoms with Crippen molar-refractivity contribution in [2.45, 2.75) is 51.4 Å². The second-order valence-corrected chi connectivity index (χ2v) is 5.93. The van der Waals surface area contributed by atoms with Crippen molar-refractivity contribution in [2.75, 3.05) is 5.73 Å². The van der Waals surface area contributed by atoms with Crippen molar-refractivity contribution in [3.05, 3.63) is 24.2 Å². The number of pyridine rings is 1. The molecule has 1 aliphatic carbocycles. The molecule has 112 valence electrons. The van der Waals surface area contributed by atoms with Gasteiger partial charge in [-0.1, -0.05) is 24.9 Å². The molecule has 3 rings (SSSR count). The third-order valence-corrected chi connectivity index (χ3v) is 4.38. The van der Waals surface area contributed by atoms with Crippen LogP contribution in [-0.2, 0) is 0 Å². The normalized spacial score (nSPS) is 22.3. The third-order valence-electron chi connectivity index (χ3n) is 4.38. The van der Waals surface area contributed by atoms with E-state index in [0.717, 1.165) is 17.3 Å². The van der Waals surface area contributed by atoms with E-state index in [-0.39, 0.29) is 0 Å². The van der Waals surface area contributed by atoms with Gasteiger partial charge in [-0.05, 0) is 43.7 Å². The summed E-state index contributed by atoms with van der Waals surface area (Å²) in [5, 5.41) is 4.17.